The van der Waals surface area contributed by atoms with Crippen molar-refractivity contribution >= 4 is 220 Å². The molecule has 24 nitrogen and oxygen atoms in total. The zero-order valence-corrected chi connectivity index (χ0v) is 82.0. The molecule has 10 heterocycles. The highest BCUT2D eigenvalue weighted by atomic mass is 79.9. The van der Waals surface area contributed by atoms with Gasteiger partial charge in [-0.1, -0.05) is 215 Å². The minimum Gasteiger partial charge on any atom is -0.478 e. The third-order valence-electron chi connectivity index (χ3n) is 22.4. The molecule has 0 bridgehead atoms. The molecule has 0 aliphatic heterocycles. The number of halogens is 5. The van der Waals surface area contributed by atoms with Crippen LogP contribution in [0.5, 0.6) is 0 Å². The van der Waals surface area contributed by atoms with Crippen molar-refractivity contribution in [3.63, 3.8) is 0 Å². The molecule has 0 aliphatic rings. The van der Waals surface area contributed by atoms with Gasteiger partial charge in [0, 0.05) is 109 Å². The van der Waals surface area contributed by atoms with E-state index in [1.165, 1.54) is 82.2 Å². The molecule has 0 spiro atoms. The lowest BCUT2D eigenvalue weighted by Gasteiger charge is -2.07. The molecular formula is C109H72BrCl2F2N9O15S5. The second-order valence-corrected chi connectivity index (χ2v) is 38.3. The Kier molecular flexibility index (Phi) is 31.1. The number of rotatable bonds is 23. The quantitative estimate of drug-likeness (QED) is 0.0292. The van der Waals surface area contributed by atoms with E-state index in [0.29, 0.717) is 85.8 Å². The van der Waals surface area contributed by atoms with E-state index in [0.717, 1.165) is 70.9 Å². The van der Waals surface area contributed by atoms with Gasteiger partial charge in [0.25, 0.3) is 11.8 Å². The summed E-state index contributed by atoms with van der Waals surface area (Å²) < 4.78 is 29.3. The summed E-state index contributed by atoms with van der Waals surface area (Å²) in [4.78, 5) is 155. The Bertz CT molecular complexity index is 7980. The number of thiophene rings is 5. The van der Waals surface area contributed by atoms with Crippen molar-refractivity contribution in [2.75, 3.05) is 10.6 Å². The van der Waals surface area contributed by atoms with Crippen LogP contribution in [0.25, 0.3) is 110 Å². The van der Waals surface area contributed by atoms with Gasteiger partial charge in [0.2, 0.25) is 0 Å². The van der Waals surface area contributed by atoms with Crippen LogP contribution >= 0.6 is 95.8 Å². The molecule has 0 unspecified atom stereocenters. The van der Waals surface area contributed by atoms with Crippen LogP contribution in [0.3, 0.4) is 0 Å². The summed E-state index contributed by atoms with van der Waals surface area (Å²) in [7, 11) is 0. The number of amides is 2. The van der Waals surface area contributed by atoms with Crippen LogP contribution < -0.4 is 10.6 Å². The number of nitrogens with one attached hydrogen (secondary N) is 2. The van der Waals surface area contributed by atoms with E-state index >= 15 is 0 Å². The van der Waals surface area contributed by atoms with E-state index in [1.807, 2.05) is 172 Å². The third kappa shape index (κ3) is 23.1. The van der Waals surface area contributed by atoms with Gasteiger partial charge >= 0.3 is 29.8 Å². The number of pyridine rings is 3. The Morgan fingerprint density at radius 3 is 1.10 bits per heavy atom. The smallest absolute Gasteiger partial charge is 0.339 e. The van der Waals surface area contributed by atoms with Crippen molar-refractivity contribution in [2.45, 2.75) is 40.0 Å². The number of hydrogen-bond acceptors (Lipinski definition) is 22. The van der Waals surface area contributed by atoms with Crippen molar-refractivity contribution in [2.24, 2.45) is 0 Å². The standard InChI is InChI=1S/C22H15ClN2O3S.C22H14ClNO3S.C22H14F2N2O3S.C22H16N2O3S.C21H13BrN2O3S/c1-12-3-2-4-16-21(12)25-17(10-24-16)18(26)9-19-20(22(27)28)15(11-29-19)13-5-7-14(23)8-6-13;23-15-8-5-13(6-9-15)16-12-28-20(21(16)22(26)27)11-19(25)18-10-7-14-3-1-2-4-17(14)24-18;1-11-6-7-12(21(24)20(11)23)13-10-30-18(19(13)22(28)29)8-17(27)16-9-25-14-4-2-3-5-15(14)26-16;1-13-6-8-14(9-7-13)16-12-28-21(19(16)22(26)27)24-20(25)18-11-10-15-4-2-3-5-17(15)23-18;22-14-8-5-12(6-9-14)15-11-28-20(18(15)21(26)27)24-19(25)17-10-7-13-3-1-2-4-16(13)23-17/h2-8,10-11H,9H2,1H3,(H,27,28);1-10,12H,11H2,(H,26,27);2-7,9-10H,8H2,1H3,(H,28,29);2-12H,1H3,(H,24,25)(H,26,27);1-11H,(H,24,25)(H,26,27). The molecule has 20 aromatic rings. The first-order valence-corrected chi connectivity index (χ1v) is 49.1. The molecule has 143 heavy (non-hydrogen) atoms. The van der Waals surface area contributed by atoms with E-state index in [-0.39, 0.29) is 108 Å². The second kappa shape index (κ2) is 44.5. The lowest BCUT2D eigenvalue weighted by Crippen LogP contribution is -2.15. The van der Waals surface area contributed by atoms with Crippen LogP contribution in [-0.4, -0.2) is 119 Å². The SMILES string of the molecule is Cc1ccc(-c2csc(CC(=O)c3cnc4ccccc4n3)c2C(=O)O)c(F)c1F.Cc1ccc(-c2csc(NC(=O)c3ccc4ccccc4n3)c2C(=O)O)cc1.Cc1cccc2ncc(C(=O)Cc3scc(-c4ccc(Cl)cc4)c3C(=O)O)nc12.O=C(Cc1scc(-c2ccc(Cl)cc2)c1C(=O)O)c1ccc2ccccc2n1.O=C(Nc1scc(-c2ccc(Br)cc2)c1C(=O)O)c1ccc2ccccc2n1. The van der Waals surface area contributed by atoms with Gasteiger partial charge in [-0.3, -0.25) is 33.9 Å². The lowest BCUT2D eigenvalue weighted by molar-refractivity contribution is 0.0686. The van der Waals surface area contributed by atoms with E-state index in [1.54, 1.807) is 113 Å². The highest BCUT2D eigenvalue weighted by Gasteiger charge is 2.30. The zero-order chi connectivity index (χ0) is 101. The largest absolute Gasteiger partial charge is 0.478 e. The van der Waals surface area contributed by atoms with Crippen molar-refractivity contribution in [3.05, 3.63) is 414 Å². The van der Waals surface area contributed by atoms with E-state index < -0.39 is 59.1 Å². The van der Waals surface area contributed by atoms with Crippen LogP contribution in [-0.2, 0) is 19.3 Å². The highest BCUT2D eigenvalue weighted by molar-refractivity contribution is 9.10. The van der Waals surface area contributed by atoms with Crippen molar-refractivity contribution in [1.82, 2.24) is 34.9 Å². The number of hydrogen-bond donors (Lipinski definition) is 7. The molecule has 0 aliphatic carbocycles. The fourth-order valence-corrected chi connectivity index (χ4v) is 20.7. The number of aromatic nitrogens is 7. The summed E-state index contributed by atoms with van der Waals surface area (Å²) in [6, 6.07) is 77.2. The predicted octanol–water partition coefficient (Wildman–Crippen LogP) is 27.2. The van der Waals surface area contributed by atoms with Gasteiger partial charge in [-0.05, 0) is 161 Å². The molecule has 20 rings (SSSR count). The number of anilines is 2. The Balaban J connectivity index is 0.000000128. The number of benzene rings is 10. The number of nitrogens with zero attached hydrogens (tertiary/aromatic N) is 7. The fourth-order valence-electron chi connectivity index (χ4n) is 15.2. The van der Waals surface area contributed by atoms with Crippen LogP contribution in [0.1, 0.15) is 136 Å². The second-order valence-electron chi connectivity index (χ2n) is 31.8. The maximum absolute atomic E-state index is 14.4. The molecule has 0 atom stereocenters. The van der Waals surface area contributed by atoms with Crippen molar-refractivity contribution in [1.29, 1.82) is 0 Å². The van der Waals surface area contributed by atoms with Gasteiger partial charge < -0.3 is 36.2 Å². The normalized spacial score (nSPS) is 10.9. The van der Waals surface area contributed by atoms with E-state index in [4.69, 9.17) is 23.2 Å². The van der Waals surface area contributed by atoms with Gasteiger partial charge in [0.15, 0.2) is 29.0 Å². The monoisotopic (exact) mass is 2090 g/mol. The minimum absolute atomic E-state index is 0.00870. The van der Waals surface area contributed by atoms with Gasteiger partial charge in [-0.15, -0.1) is 56.7 Å². The number of carboxylic acids is 5. The maximum Gasteiger partial charge on any atom is 0.339 e. The first-order chi connectivity index (χ1) is 68.9. The summed E-state index contributed by atoms with van der Waals surface area (Å²) in [5.74, 6) is -9.55. The Morgan fingerprint density at radius 2 is 0.657 bits per heavy atom. The summed E-state index contributed by atoms with van der Waals surface area (Å²) in [5, 5.41) is 67.0. The third-order valence-corrected chi connectivity index (χ3v) is 28.2. The zero-order valence-electron chi connectivity index (χ0n) is 74.9. The topological polar surface area (TPSA) is 386 Å². The van der Waals surface area contributed by atoms with Crippen molar-refractivity contribution < 1.29 is 82.3 Å². The van der Waals surface area contributed by atoms with Crippen LogP contribution in [0.2, 0.25) is 10.0 Å². The predicted molar refractivity (Wildman–Crippen MR) is 560 cm³/mol. The molecule has 0 radical (unpaired) electrons. The fraction of sp³-hybridized carbons (Fsp3) is 0.0550. The van der Waals surface area contributed by atoms with Gasteiger partial charge in [0.05, 0.1) is 67.7 Å². The molecular weight excluding hydrogens is 2020 g/mol. The molecule has 0 fully saturated rings. The summed E-state index contributed by atoms with van der Waals surface area (Å²) in [5.41, 5.74) is 13.4. The highest BCUT2D eigenvalue weighted by Crippen LogP contribution is 2.42. The Morgan fingerprint density at radius 1 is 0.315 bits per heavy atom. The average Bonchev–Trinajstić information content (AvgIpc) is 1.66. The molecule has 708 valence electrons. The number of para-hydroxylation sites is 6. The van der Waals surface area contributed by atoms with E-state index in [9.17, 15) is 82.3 Å². The van der Waals surface area contributed by atoms with Gasteiger partial charge in [0.1, 0.15) is 49.6 Å². The molecule has 0 saturated carbocycles. The van der Waals surface area contributed by atoms with E-state index in [2.05, 4.69) is 61.5 Å². The molecule has 7 N–H and O–H groups in total. The number of carbonyl (C=O) groups excluding carboxylic acids is 5. The number of aromatic carboxylic acids is 5. The van der Waals surface area contributed by atoms with Crippen LogP contribution in [0, 0.1) is 32.4 Å². The summed E-state index contributed by atoms with van der Waals surface area (Å²) in [6.07, 6.45) is 2.49. The average molecular weight is 2100 g/mol. The first-order valence-electron chi connectivity index (χ1n) is 43.1. The minimum atomic E-state index is -1.32. The summed E-state index contributed by atoms with van der Waals surface area (Å²) >= 11 is 21.1. The number of carboxylic acid groups (broad SMARTS) is 5. The van der Waals surface area contributed by atoms with Crippen molar-refractivity contribution in [3.8, 4) is 55.6 Å². The first kappa shape index (κ1) is 99.8. The number of ketones is 3. The van der Waals surface area contributed by atoms with Gasteiger partial charge in [-0.2, -0.15) is 0 Å². The molecule has 0 saturated heterocycles. The van der Waals surface area contributed by atoms with Crippen LogP contribution in [0.15, 0.2) is 305 Å². The Hall–Kier alpha value is -16.2. The Labute approximate surface area is 850 Å². The van der Waals surface area contributed by atoms with Gasteiger partial charge in [-0.25, -0.2) is 57.7 Å². The molecule has 34 heteroatoms. The molecule has 10 aromatic heterocycles. The van der Waals surface area contributed by atoms with Crippen LogP contribution in [0.4, 0.5) is 18.8 Å². The molecule has 2 amide bonds. The summed E-state index contributed by atoms with van der Waals surface area (Å²) in [6.45, 7) is 5.30. The number of fused-ring (bicyclic) bond motifs is 5. The number of carbonyl (C=O) groups is 10. The maximum atomic E-state index is 14.4. The number of Topliss-reactive ketones (excluding diaryl/α,β-unsaturated/α-hetero) is 3. The lowest BCUT2D eigenvalue weighted by atomic mass is 9.99. The molecule has 10 aromatic carbocycles. The number of aryl methyl sites for hydroxylation is 3.